The Balaban J connectivity index is 3.42. The lowest BCUT2D eigenvalue weighted by Gasteiger charge is -2.00. The summed E-state index contributed by atoms with van der Waals surface area (Å²) in [6.45, 7) is 0. The molecule has 76 valence electrons. The SMILES string of the molecule is CS(=O)(=O)c1ccc(Cl)c(C(=O)O)n1. The summed E-state index contributed by atoms with van der Waals surface area (Å²) < 4.78 is 22.0. The normalized spacial score (nSPS) is 11.3. The van der Waals surface area contributed by atoms with Crippen LogP contribution in [0.4, 0.5) is 0 Å². The zero-order valence-electron chi connectivity index (χ0n) is 7.06. The zero-order chi connectivity index (χ0) is 10.9. The van der Waals surface area contributed by atoms with Gasteiger partial charge in [0.1, 0.15) is 0 Å². The summed E-state index contributed by atoms with van der Waals surface area (Å²) in [7, 11) is -3.51. The molecule has 0 saturated carbocycles. The van der Waals surface area contributed by atoms with Crippen LogP contribution in [0.5, 0.6) is 0 Å². The fourth-order valence-electron chi connectivity index (χ4n) is 0.781. The lowest BCUT2D eigenvalue weighted by molar-refractivity contribution is 0.0690. The fraction of sp³-hybridized carbons (Fsp3) is 0.143. The highest BCUT2D eigenvalue weighted by atomic mass is 35.5. The van der Waals surface area contributed by atoms with Gasteiger partial charge in [0, 0.05) is 6.26 Å². The molecule has 0 aliphatic heterocycles. The Morgan fingerprint density at radius 2 is 2.07 bits per heavy atom. The number of hydrogen-bond acceptors (Lipinski definition) is 4. The third-order valence-electron chi connectivity index (χ3n) is 1.40. The predicted octanol–water partition coefficient (Wildman–Crippen LogP) is 0.837. The second-order valence-electron chi connectivity index (χ2n) is 2.56. The van der Waals surface area contributed by atoms with Gasteiger partial charge in [-0.1, -0.05) is 11.6 Å². The fourth-order valence-corrected chi connectivity index (χ4v) is 1.54. The summed E-state index contributed by atoms with van der Waals surface area (Å²) in [6.07, 6.45) is 0.939. The molecule has 5 nitrogen and oxygen atoms in total. The second kappa shape index (κ2) is 3.55. The summed E-state index contributed by atoms with van der Waals surface area (Å²) in [5.74, 6) is -1.36. The van der Waals surface area contributed by atoms with Crippen molar-refractivity contribution in [1.29, 1.82) is 0 Å². The van der Waals surface area contributed by atoms with Crippen LogP contribution in [0, 0.1) is 0 Å². The summed E-state index contributed by atoms with van der Waals surface area (Å²) in [6, 6.07) is 2.35. The predicted molar refractivity (Wildman–Crippen MR) is 49.3 cm³/mol. The second-order valence-corrected chi connectivity index (χ2v) is 4.93. The monoisotopic (exact) mass is 235 g/mol. The maximum Gasteiger partial charge on any atom is 0.356 e. The van der Waals surface area contributed by atoms with Crippen LogP contribution in [0.3, 0.4) is 0 Å². The average molecular weight is 236 g/mol. The van der Waals surface area contributed by atoms with Crippen LogP contribution in [0.2, 0.25) is 5.02 Å². The minimum absolute atomic E-state index is 0.0927. The molecule has 7 heteroatoms. The average Bonchev–Trinajstić information content (AvgIpc) is 2.02. The Morgan fingerprint density at radius 1 is 1.50 bits per heavy atom. The highest BCUT2D eigenvalue weighted by Crippen LogP contribution is 2.16. The zero-order valence-corrected chi connectivity index (χ0v) is 8.63. The first-order chi connectivity index (χ1) is 6.32. The standard InChI is InChI=1S/C7H6ClNO4S/c1-14(12,13)5-3-2-4(8)6(9-5)7(10)11/h2-3H,1H3,(H,10,11). The van der Waals surface area contributed by atoms with Gasteiger partial charge in [0.25, 0.3) is 0 Å². The van der Waals surface area contributed by atoms with Gasteiger partial charge < -0.3 is 5.11 Å². The molecule has 0 amide bonds. The smallest absolute Gasteiger partial charge is 0.356 e. The van der Waals surface area contributed by atoms with Crippen molar-refractivity contribution < 1.29 is 18.3 Å². The summed E-state index contributed by atoms with van der Waals surface area (Å²) >= 11 is 5.50. The third-order valence-corrected chi connectivity index (χ3v) is 2.70. The molecule has 1 aromatic heterocycles. The molecule has 0 radical (unpaired) electrons. The molecule has 0 unspecified atom stereocenters. The molecule has 1 aromatic rings. The van der Waals surface area contributed by atoms with E-state index < -0.39 is 21.5 Å². The first-order valence-corrected chi connectivity index (χ1v) is 5.69. The van der Waals surface area contributed by atoms with Crippen LogP contribution < -0.4 is 0 Å². The molecule has 0 atom stereocenters. The highest BCUT2D eigenvalue weighted by molar-refractivity contribution is 7.90. The van der Waals surface area contributed by atoms with E-state index in [0.717, 1.165) is 12.3 Å². The first-order valence-electron chi connectivity index (χ1n) is 3.42. The van der Waals surface area contributed by atoms with Gasteiger partial charge in [-0.2, -0.15) is 0 Å². The van der Waals surface area contributed by atoms with Gasteiger partial charge in [-0.15, -0.1) is 0 Å². The molecule has 1 N–H and O–H groups in total. The van der Waals surface area contributed by atoms with Crippen molar-refractivity contribution in [2.45, 2.75) is 5.03 Å². The van der Waals surface area contributed by atoms with Gasteiger partial charge in [-0.05, 0) is 12.1 Å². The van der Waals surface area contributed by atoms with Crippen molar-refractivity contribution in [3.63, 3.8) is 0 Å². The Labute approximate surface area is 85.3 Å². The Kier molecular flexibility index (Phi) is 2.77. The number of halogens is 1. The number of hydrogen-bond donors (Lipinski definition) is 1. The largest absolute Gasteiger partial charge is 0.476 e. The van der Waals surface area contributed by atoms with Crippen molar-refractivity contribution in [3.8, 4) is 0 Å². The quantitative estimate of drug-likeness (QED) is 0.821. The molecule has 0 bridgehead atoms. The molecule has 0 fully saturated rings. The van der Waals surface area contributed by atoms with Crippen LogP contribution >= 0.6 is 11.6 Å². The van der Waals surface area contributed by atoms with Crippen molar-refractivity contribution in [2.24, 2.45) is 0 Å². The molecule has 1 rings (SSSR count). The number of carboxylic acid groups (broad SMARTS) is 1. The first kappa shape index (κ1) is 10.9. The molecule has 0 aliphatic carbocycles. The van der Waals surface area contributed by atoms with Gasteiger partial charge >= 0.3 is 5.97 Å². The molecular formula is C7H6ClNO4S. The summed E-state index contributed by atoms with van der Waals surface area (Å²) in [5.41, 5.74) is -0.463. The third kappa shape index (κ3) is 2.21. The lowest BCUT2D eigenvalue weighted by Crippen LogP contribution is -2.07. The molecule has 14 heavy (non-hydrogen) atoms. The van der Waals surface area contributed by atoms with Crippen LogP contribution in [0.15, 0.2) is 17.2 Å². The highest BCUT2D eigenvalue weighted by Gasteiger charge is 2.16. The van der Waals surface area contributed by atoms with Crippen LogP contribution in [-0.4, -0.2) is 30.7 Å². The van der Waals surface area contributed by atoms with Crippen molar-refractivity contribution in [2.75, 3.05) is 6.26 Å². The number of carboxylic acids is 1. The van der Waals surface area contributed by atoms with Gasteiger partial charge in [0.15, 0.2) is 20.6 Å². The van der Waals surface area contributed by atoms with E-state index in [4.69, 9.17) is 16.7 Å². The maximum absolute atomic E-state index is 11.0. The van der Waals surface area contributed by atoms with E-state index in [9.17, 15) is 13.2 Å². The lowest BCUT2D eigenvalue weighted by atomic mass is 10.3. The number of sulfone groups is 1. The molecule has 0 aromatic carbocycles. The molecule has 1 heterocycles. The van der Waals surface area contributed by atoms with E-state index in [1.807, 2.05) is 0 Å². The number of pyridine rings is 1. The van der Waals surface area contributed by atoms with Gasteiger partial charge in [-0.25, -0.2) is 18.2 Å². The molecule has 0 saturated heterocycles. The van der Waals surface area contributed by atoms with Crippen LogP contribution in [0.1, 0.15) is 10.5 Å². The Bertz CT molecular complexity index is 482. The molecule has 0 spiro atoms. The van der Waals surface area contributed by atoms with Crippen molar-refractivity contribution in [3.05, 3.63) is 22.8 Å². The Hall–Kier alpha value is -1.14. The number of aromatic nitrogens is 1. The van der Waals surface area contributed by atoms with Crippen LogP contribution in [-0.2, 0) is 9.84 Å². The summed E-state index contributed by atoms with van der Waals surface area (Å²) in [4.78, 5) is 14.0. The van der Waals surface area contributed by atoms with Gasteiger partial charge in [0.2, 0.25) is 0 Å². The van der Waals surface area contributed by atoms with E-state index in [2.05, 4.69) is 4.98 Å². The van der Waals surface area contributed by atoms with E-state index in [1.165, 1.54) is 6.07 Å². The number of aromatic carboxylic acids is 1. The topological polar surface area (TPSA) is 84.3 Å². The van der Waals surface area contributed by atoms with Gasteiger partial charge in [-0.3, -0.25) is 0 Å². The van der Waals surface area contributed by atoms with E-state index in [0.29, 0.717) is 0 Å². The Morgan fingerprint density at radius 3 is 2.50 bits per heavy atom. The number of rotatable bonds is 2. The van der Waals surface area contributed by atoms with Gasteiger partial charge in [0.05, 0.1) is 5.02 Å². The minimum atomic E-state index is -3.51. The summed E-state index contributed by atoms with van der Waals surface area (Å²) in [5, 5.41) is 8.22. The molecule has 0 aliphatic rings. The number of carbonyl (C=O) groups is 1. The molecular weight excluding hydrogens is 230 g/mol. The number of nitrogens with zero attached hydrogens (tertiary/aromatic N) is 1. The van der Waals surface area contributed by atoms with E-state index in [1.54, 1.807) is 0 Å². The maximum atomic E-state index is 11.0. The van der Waals surface area contributed by atoms with Crippen LogP contribution in [0.25, 0.3) is 0 Å². The van der Waals surface area contributed by atoms with E-state index in [-0.39, 0.29) is 10.0 Å². The van der Waals surface area contributed by atoms with E-state index >= 15 is 0 Å². The minimum Gasteiger partial charge on any atom is -0.476 e. The van der Waals surface area contributed by atoms with Crippen molar-refractivity contribution >= 4 is 27.4 Å². The van der Waals surface area contributed by atoms with Crippen molar-refractivity contribution in [1.82, 2.24) is 4.98 Å².